The number of carboxylic acids is 1. The van der Waals surface area contributed by atoms with Crippen molar-refractivity contribution in [3.63, 3.8) is 0 Å². The van der Waals surface area contributed by atoms with Gasteiger partial charge in [0.05, 0.1) is 21.4 Å². The zero-order valence-electron chi connectivity index (χ0n) is 26.8. The van der Waals surface area contributed by atoms with Gasteiger partial charge in [0.15, 0.2) is 0 Å². The Bertz CT molecular complexity index is 1920. The van der Waals surface area contributed by atoms with E-state index < -0.39 is 39.1 Å². The monoisotopic (exact) mass is 656 g/mol. The van der Waals surface area contributed by atoms with Gasteiger partial charge in [-0.25, -0.2) is 13.1 Å². The third-order valence-electron chi connectivity index (χ3n) is 9.48. The second-order valence-electron chi connectivity index (χ2n) is 12.8. The number of aryl methyl sites for hydroxylation is 3. The number of sulfonamides is 1. The maximum absolute atomic E-state index is 14.0. The summed E-state index contributed by atoms with van der Waals surface area (Å²) >= 11 is 0. The Labute approximate surface area is 267 Å². The lowest BCUT2D eigenvalue weighted by atomic mass is 9.69. The molecule has 0 amide bonds. The molecule has 5 rings (SSSR count). The molecule has 0 bridgehead atoms. The summed E-state index contributed by atoms with van der Waals surface area (Å²) in [6.07, 6.45) is -3.70. The molecule has 0 spiro atoms. The molecular weight excluding hydrogens is 617 g/mol. The van der Waals surface area contributed by atoms with Gasteiger partial charge in [0.1, 0.15) is 5.52 Å². The minimum Gasteiger partial charge on any atom is -0.481 e. The predicted molar refractivity (Wildman–Crippen MR) is 169 cm³/mol. The highest BCUT2D eigenvalue weighted by atomic mass is 32.2. The van der Waals surface area contributed by atoms with Gasteiger partial charge in [-0.15, -0.1) is 5.10 Å². The fourth-order valence-corrected chi connectivity index (χ4v) is 8.29. The van der Waals surface area contributed by atoms with E-state index in [-0.39, 0.29) is 23.9 Å². The number of fused-ring (bicyclic) bond motifs is 2. The van der Waals surface area contributed by atoms with Crippen LogP contribution < -0.4 is 0 Å². The van der Waals surface area contributed by atoms with Crippen LogP contribution in [0, 0.1) is 25.2 Å². The van der Waals surface area contributed by atoms with Gasteiger partial charge in [-0.1, -0.05) is 48.9 Å². The van der Waals surface area contributed by atoms with Crippen molar-refractivity contribution in [2.24, 2.45) is 11.3 Å². The van der Waals surface area contributed by atoms with Crippen molar-refractivity contribution in [2.45, 2.75) is 84.5 Å². The van der Waals surface area contributed by atoms with Crippen LogP contribution in [0.5, 0.6) is 0 Å². The zero-order valence-corrected chi connectivity index (χ0v) is 27.6. The molecule has 0 saturated carbocycles. The minimum absolute atomic E-state index is 0.0722. The summed E-state index contributed by atoms with van der Waals surface area (Å²) in [5, 5.41) is 19.0. The van der Waals surface area contributed by atoms with E-state index in [4.69, 9.17) is 0 Å². The second-order valence-corrected chi connectivity index (χ2v) is 14.7. The van der Waals surface area contributed by atoms with Crippen molar-refractivity contribution in [2.75, 3.05) is 6.54 Å². The summed E-state index contributed by atoms with van der Waals surface area (Å²) < 4.78 is 72.0. The van der Waals surface area contributed by atoms with Crippen LogP contribution in [-0.2, 0) is 40.5 Å². The topological polar surface area (TPSA) is 105 Å². The van der Waals surface area contributed by atoms with Crippen LogP contribution in [0.15, 0.2) is 53.4 Å². The average molecular weight is 657 g/mol. The predicted octanol–water partition coefficient (Wildman–Crippen LogP) is 7.10. The summed E-state index contributed by atoms with van der Waals surface area (Å²) in [4.78, 5) is 12.4. The maximum atomic E-state index is 14.0. The first-order chi connectivity index (χ1) is 21.5. The molecule has 0 aliphatic carbocycles. The normalized spacial score (nSPS) is 17.9. The summed E-state index contributed by atoms with van der Waals surface area (Å²) in [5.74, 6) is -1.74. The molecule has 2 atom stereocenters. The highest BCUT2D eigenvalue weighted by molar-refractivity contribution is 7.89. The van der Waals surface area contributed by atoms with Crippen LogP contribution in [0.4, 0.5) is 13.2 Å². The third kappa shape index (κ3) is 5.92. The number of carboxylic acid groups (broad SMARTS) is 1. The van der Waals surface area contributed by atoms with Gasteiger partial charge in [-0.2, -0.15) is 17.5 Å². The number of aromatic nitrogens is 3. The van der Waals surface area contributed by atoms with E-state index in [1.54, 1.807) is 18.5 Å². The number of alkyl halides is 3. The Morgan fingerprint density at radius 3 is 2.41 bits per heavy atom. The summed E-state index contributed by atoms with van der Waals surface area (Å²) in [6, 6.07) is 12.3. The quantitative estimate of drug-likeness (QED) is 0.217. The molecule has 8 nitrogen and oxygen atoms in total. The average Bonchev–Trinajstić information content (AvgIpc) is 3.38. The van der Waals surface area contributed by atoms with Gasteiger partial charge in [0.2, 0.25) is 10.0 Å². The molecule has 0 radical (unpaired) electrons. The van der Waals surface area contributed by atoms with Crippen molar-refractivity contribution < 1.29 is 31.5 Å². The lowest BCUT2D eigenvalue weighted by Gasteiger charge is -2.33. The molecule has 12 heteroatoms. The Hall–Kier alpha value is -3.77. The molecule has 1 aliphatic heterocycles. The van der Waals surface area contributed by atoms with E-state index >= 15 is 0 Å². The van der Waals surface area contributed by atoms with Crippen molar-refractivity contribution in [1.82, 2.24) is 19.3 Å². The Balaban J connectivity index is 1.62. The number of carbonyl (C=O) groups is 1. The molecule has 1 aliphatic rings. The summed E-state index contributed by atoms with van der Waals surface area (Å²) in [7, 11) is -4.30. The lowest BCUT2D eigenvalue weighted by molar-refractivity contribution is -0.147. The standard InChI is InChI=1S/C34H39F3N4O4S/c1-7-22-15-23-11-12-26(34(35,36)37)17-29(23)46(44,45)40(18-22)19-25-16-24(10-9-20(25)3)30(33(5,6)32(42)43)27-13-14-28-31(21(27)4)38-39-41(28)8-2/h9-14,16-17,22,30H,7-8,15,18-19H2,1-6H3,(H,42,43)/t22-,30-/m0/s1. The van der Waals surface area contributed by atoms with Crippen molar-refractivity contribution in [3.8, 4) is 0 Å². The van der Waals surface area contributed by atoms with E-state index in [1.165, 1.54) is 10.4 Å². The van der Waals surface area contributed by atoms with Crippen LogP contribution in [0.1, 0.15) is 79.0 Å². The van der Waals surface area contributed by atoms with Crippen LogP contribution >= 0.6 is 0 Å². The van der Waals surface area contributed by atoms with E-state index in [2.05, 4.69) is 10.3 Å². The van der Waals surface area contributed by atoms with Gasteiger partial charge in [-0.3, -0.25) is 4.79 Å². The first-order valence-electron chi connectivity index (χ1n) is 15.4. The largest absolute Gasteiger partial charge is 0.481 e. The molecule has 46 heavy (non-hydrogen) atoms. The number of hydrogen-bond acceptors (Lipinski definition) is 5. The van der Waals surface area contributed by atoms with Crippen molar-refractivity contribution in [1.29, 1.82) is 0 Å². The number of benzene rings is 3. The Kier molecular flexibility index (Phi) is 8.84. The molecule has 4 aromatic rings. The third-order valence-corrected chi connectivity index (χ3v) is 11.4. The van der Waals surface area contributed by atoms with E-state index in [9.17, 15) is 31.5 Å². The van der Waals surface area contributed by atoms with Gasteiger partial charge in [0, 0.05) is 25.6 Å². The van der Waals surface area contributed by atoms with E-state index in [0.29, 0.717) is 41.6 Å². The number of halogens is 3. The van der Waals surface area contributed by atoms with Crippen LogP contribution in [0.25, 0.3) is 11.0 Å². The number of rotatable bonds is 8. The van der Waals surface area contributed by atoms with E-state index in [1.807, 2.05) is 58.0 Å². The Morgan fingerprint density at radius 1 is 1.07 bits per heavy atom. The van der Waals surface area contributed by atoms with E-state index in [0.717, 1.165) is 34.3 Å². The molecule has 0 unspecified atom stereocenters. The highest BCUT2D eigenvalue weighted by Gasteiger charge is 2.41. The first kappa shape index (κ1) is 33.6. The maximum Gasteiger partial charge on any atom is 0.416 e. The molecule has 3 aromatic carbocycles. The highest BCUT2D eigenvalue weighted by Crippen LogP contribution is 2.44. The molecular formula is C34H39F3N4O4S. The molecule has 246 valence electrons. The second kappa shape index (κ2) is 12.1. The van der Waals surface area contributed by atoms with Crippen molar-refractivity contribution >= 4 is 27.0 Å². The number of nitrogens with zero attached hydrogens (tertiary/aromatic N) is 4. The fraction of sp³-hybridized carbons (Fsp3) is 0.441. The van der Waals surface area contributed by atoms with Crippen LogP contribution in [0.2, 0.25) is 0 Å². The van der Waals surface area contributed by atoms with Crippen LogP contribution in [-0.4, -0.2) is 45.3 Å². The number of aliphatic carboxylic acids is 1. The summed E-state index contributed by atoms with van der Waals surface area (Å²) in [6.45, 7) is 11.7. The smallest absolute Gasteiger partial charge is 0.416 e. The van der Waals surface area contributed by atoms with Gasteiger partial charge in [-0.05, 0) is 98.5 Å². The minimum atomic E-state index is -4.69. The zero-order chi connectivity index (χ0) is 33.8. The Morgan fingerprint density at radius 2 is 1.78 bits per heavy atom. The fourth-order valence-electron chi connectivity index (χ4n) is 6.53. The van der Waals surface area contributed by atoms with Crippen LogP contribution in [0.3, 0.4) is 0 Å². The number of hydrogen-bond donors (Lipinski definition) is 1. The first-order valence-corrected chi connectivity index (χ1v) is 16.8. The molecule has 0 fully saturated rings. The van der Waals surface area contributed by atoms with Crippen molar-refractivity contribution in [3.05, 3.63) is 87.5 Å². The SMILES string of the molecule is CC[C@H]1Cc2ccc(C(F)(F)F)cc2S(=O)(=O)N(Cc2cc([C@@H](c3ccc4c(nnn4CC)c3C)C(C)(C)C(=O)O)ccc2C)C1. The molecule has 1 aromatic heterocycles. The van der Waals surface area contributed by atoms with Gasteiger partial charge in [0.25, 0.3) is 0 Å². The molecule has 0 saturated heterocycles. The van der Waals surface area contributed by atoms with Gasteiger partial charge >= 0.3 is 12.1 Å². The summed E-state index contributed by atoms with van der Waals surface area (Å²) in [5.41, 5.74) is 3.28. The molecule has 1 N–H and O–H groups in total. The van der Waals surface area contributed by atoms with Gasteiger partial charge < -0.3 is 5.11 Å². The lowest BCUT2D eigenvalue weighted by Crippen LogP contribution is -2.34. The molecule has 2 heterocycles.